The Morgan fingerprint density at radius 2 is 2.20 bits per heavy atom. The summed E-state index contributed by atoms with van der Waals surface area (Å²) in [5.41, 5.74) is 2.66. The second-order valence-corrected chi connectivity index (χ2v) is 7.68. The molecule has 0 saturated heterocycles. The van der Waals surface area contributed by atoms with Crippen LogP contribution in [-0.2, 0) is 20.8 Å². The van der Waals surface area contributed by atoms with Gasteiger partial charge in [-0.3, -0.25) is 4.79 Å². The normalized spacial score (nSPS) is 24.1. The first-order valence-corrected chi connectivity index (χ1v) is 9.84. The van der Waals surface area contributed by atoms with E-state index < -0.39 is 11.8 Å². The zero-order valence-corrected chi connectivity index (χ0v) is 16.8. The molecule has 0 radical (unpaired) electrons. The van der Waals surface area contributed by atoms with E-state index in [4.69, 9.17) is 13.9 Å². The van der Waals surface area contributed by atoms with E-state index in [9.17, 15) is 13.6 Å². The van der Waals surface area contributed by atoms with Gasteiger partial charge in [0.2, 0.25) is 17.4 Å². The van der Waals surface area contributed by atoms with Crippen molar-refractivity contribution in [2.45, 2.75) is 45.2 Å². The van der Waals surface area contributed by atoms with Crippen LogP contribution >= 0.6 is 0 Å². The molecule has 2 atom stereocenters. The zero-order chi connectivity index (χ0) is 21.3. The third kappa shape index (κ3) is 4.77. The van der Waals surface area contributed by atoms with Gasteiger partial charge in [0, 0.05) is 25.0 Å². The van der Waals surface area contributed by atoms with Crippen LogP contribution in [0.4, 0.5) is 8.78 Å². The molecule has 1 unspecified atom stereocenters. The van der Waals surface area contributed by atoms with Crippen LogP contribution in [0.15, 0.2) is 33.4 Å². The minimum Gasteiger partial charge on any atom is -0.493 e. The van der Waals surface area contributed by atoms with Gasteiger partial charge in [-0.15, -0.1) is 0 Å². The van der Waals surface area contributed by atoms with Crippen molar-refractivity contribution >= 4 is 23.5 Å². The minimum atomic E-state index is -2.57. The maximum absolute atomic E-state index is 12.9. The Balaban J connectivity index is 1.38. The Labute approximate surface area is 171 Å². The molecule has 0 spiro atoms. The van der Waals surface area contributed by atoms with Gasteiger partial charge < -0.3 is 19.2 Å². The van der Waals surface area contributed by atoms with Crippen molar-refractivity contribution in [2.24, 2.45) is 10.9 Å². The molecule has 4 rings (SSSR count). The zero-order valence-electron chi connectivity index (χ0n) is 16.8. The van der Waals surface area contributed by atoms with Gasteiger partial charge in [0.05, 0.1) is 25.1 Å². The lowest BCUT2D eigenvalue weighted by Gasteiger charge is -2.14. The fraction of sp³-hybridized carbons (Fsp3) is 0.476. The topological polar surface area (TPSA) is 86.0 Å². The summed E-state index contributed by atoms with van der Waals surface area (Å²) in [6, 6.07) is -0.137. The number of aliphatic imine (C=N–C) groups is 1. The van der Waals surface area contributed by atoms with Crippen molar-refractivity contribution in [3.63, 3.8) is 0 Å². The van der Waals surface area contributed by atoms with Crippen molar-refractivity contribution in [3.8, 4) is 0 Å². The highest BCUT2D eigenvalue weighted by molar-refractivity contribution is 6.04. The molecule has 30 heavy (non-hydrogen) atoms. The maximum Gasteiger partial charge on any atom is 0.255 e. The highest BCUT2D eigenvalue weighted by Crippen LogP contribution is 2.48. The number of halogens is 2. The summed E-state index contributed by atoms with van der Waals surface area (Å²) >= 11 is 0. The third-order valence-electron chi connectivity index (χ3n) is 4.95. The number of alkyl halides is 2. The SMILES string of the molecule is CC(=O)N[C@@H](C)COC1=NCc2nc(=C3C=CC(OCC4CC4(F)F)=CC3)oc2=C1. The molecule has 3 aliphatic rings. The smallest absolute Gasteiger partial charge is 0.255 e. The molecule has 0 bridgehead atoms. The third-order valence-corrected chi connectivity index (χ3v) is 4.95. The number of oxazole rings is 1. The van der Waals surface area contributed by atoms with Gasteiger partial charge >= 0.3 is 0 Å². The van der Waals surface area contributed by atoms with E-state index in [0.29, 0.717) is 42.2 Å². The molecule has 1 fully saturated rings. The summed E-state index contributed by atoms with van der Waals surface area (Å²) in [6.07, 6.45) is 7.51. The van der Waals surface area contributed by atoms with Gasteiger partial charge in [-0.05, 0) is 31.6 Å². The number of amides is 1. The Hall–Kier alpha value is -2.97. The van der Waals surface area contributed by atoms with Crippen molar-refractivity contribution in [3.05, 3.63) is 40.6 Å². The Morgan fingerprint density at radius 1 is 1.40 bits per heavy atom. The number of hydrogen-bond donors (Lipinski definition) is 1. The Bertz CT molecular complexity index is 1050. The summed E-state index contributed by atoms with van der Waals surface area (Å²) in [5, 5.41) is 2.74. The van der Waals surface area contributed by atoms with Crippen molar-refractivity contribution in [1.82, 2.24) is 10.3 Å². The minimum absolute atomic E-state index is 0.0292. The first-order chi connectivity index (χ1) is 14.3. The van der Waals surface area contributed by atoms with E-state index >= 15 is 0 Å². The molecule has 1 saturated carbocycles. The van der Waals surface area contributed by atoms with Crippen LogP contribution in [0.5, 0.6) is 0 Å². The number of carbonyl (C=O) groups is 1. The lowest BCUT2D eigenvalue weighted by molar-refractivity contribution is -0.119. The molecule has 0 aromatic carbocycles. The van der Waals surface area contributed by atoms with Crippen LogP contribution in [0.1, 0.15) is 32.4 Å². The molecule has 2 aliphatic carbocycles. The van der Waals surface area contributed by atoms with Gasteiger partial charge in [0.25, 0.3) is 5.92 Å². The number of hydrogen-bond acceptors (Lipinski definition) is 6. The van der Waals surface area contributed by atoms with Crippen LogP contribution in [-0.4, -0.2) is 42.0 Å². The van der Waals surface area contributed by atoms with Gasteiger partial charge in [-0.1, -0.05) is 0 Å². The standard InChI is InChI=1S/C21H23F2N3O4/c1-12(25-13(2)27)10-29-19-7-18-17(9-24-19)26-20(30-18)14-3-5-16(6-4-14)28-11-15-8-21(15,22)23/h3,5-7,12,15H,4,8-11H2,1-2H3,(H,25,27)/t12-,15?/m0/s1. The van der Waals surface area contributed by atoms with Crippen LogP contribution in [0, 0.1) is 5.92 Å². The largest absolute Gasteiger partial charge is 0.493 e. The fourth-order valence-corrected chi connectivity index (χ4v) is 3.17. The number of rotatable bonds is 6. The number of aromatic nitrogens is 1. The molecule has 7 nitrogen and oxygen atoms in total. The van der Waals surface area contributed by atoms with Gasteiger partial charge in [-0.25, -0.2) is 18.8 Å². The first-order valence-electron chi connectivity index (χ1n) is 9.84. The van der Waals surface area contributed by atoms with E-state index in [0.717, 1.165) is 11.3 Å². The van der Waals surface area contributed by atoms with Gasteiger partial charge in [0.1, 0.15) is 18.1 Å². The van der Waals surface area contributed by atoms with E-state index in [1.165, 1.54) is 6.92 Å². The maximum atomic E-state index is 12.9. The molecule has 1 amide bonds. The number of nitrogens with one attached hydrogen (secondary N) is 1. The summed E-state index contributed by atoms with van der Waals surface area (Å²) in [5.74, 6) is -2.36. The van der Waals surface area contributed by atoms with E-state index in [1.54, 1.807) is 12.2 Å². The molecule has 1 aromatic heterocycles. The molecule has 160 valence electrons. The van der Waals surface area contributed by atoms with E-state index in [1.807, 2.05) is 19.1 Å². The number of fused-ring (bicyclic) bond motifs is 1. The Kier molecular flexibility index (Phi) is 5.44. The van der Waals surface area contributed by atoms with Crippen LogP contribution in [0.25, 0.3) is 11.6 Å². The van der Waals surface area contributed by atoms with Crippen LogP contribution in [0.3, 0.4) is 0 Å². The van der Waals surface area contributed by atoms with Crippen LogP contribution in [0.2, 0.25) is 0 Å². The van der Waals surface area contributed by atoms with Crippen molar-refractivity contribution < 1.29 is 27.5 Å². The second-order valence-electron chi connectivity index (χ2n) is 7.68. The molecular weight excluding hydrogens is 396 g/mol. The number of ether oxygens (including phenoxy) is 2. The number of nitrogens with zero attached hydrogens (tertiary/aromatic N) is 2. The summed E-state index contributed by atoms with van der Waals surface area (Å²) in [4.78, 5) is 19.9. The predicted octanol–water partition coefficient (Wildman–Crippen LogP) is 1.57. The highest BCUT2D eigenvalue weighted by atomic mass is 19.3. The number of allylic oxidation sites excluding steroid dienone is 3. The highest BCUT2D eigenvalue weighted by Gasteiger charge is 2.57. The molecular formula is C21H23F2N3O4. The van der Waals surface area contributed by atoms with Crippen molar-refractivity contribution in [1.29, 1.82) is 0 Å². The van der Waals surface area contributed by atoms with Crippen molar-refractivity contribution in [2.75, 3.05) is 13.2 Å². The quantitative estimate of drug-likeness (QED) is 0.757. The second kappa shape index (κ2) is 8.04. The lowest BCUT2D eigenvalue weighted by Crippen LogP contribution is -2.35. The van der Waals surface area contributed by atoms with Gasteiger partial charge in [0.15, 0.2) is 5.42 Å². The summed E-state index contributed by atoms with van der Waals surface area (Å²) < 4.78 is 42.8. The fourth-order valence-electron chi connectivity index (χ4n) is 3.17. The summed E-state index contributed by atoms with van der Waals surface area (Å²) in [6.45, 7) is 3.97. The van der Waals surface area contributed by atoms with Gasteiger partial charge in [-0.2, -0.15) is 0 Å². The molecule has 2 heterocycles. The predicted molar refractivity (Wildman–Crippen MR) is 105 cm³/mol. The molecule has 1 aromatic rings. The van der Waals surface area contributed by atoms with E-state index in [2.05, 4.69) is 15.3 Å². The Morgan fingerprint density at radius 3 is 2.87 bits per heavy atom. The van der Waals surface area contributed by atoms with Crippen LogP contribution < -0.4 is 16.3 Å². The average Bonchev–Trinajstić information content (AvgIpc) is 3.10. The van der Waals surface area contributed by atoms with E-state index in [-0.39, 0.29) is 25.0 Å². The molecule has 1 N–H and O–H groups in total. The summed E-state index contributed by atoms with van der Waals surface area (Å²) in [7, 11) is 0. The average molecular weight is 419 g/mol. The number of carbonyl (C=O) groups excluding carboxylic acids is 1. The molecule has 1 aliphatic heterocycles. The first kappa shape index (κ1) is 20.3. The monoisotopic (exact) mass is 419 g/mol. The lowest BCUT2D eigenvalue weighted by atomic mass is 10.1. The molecule has 9 heteroatoms.